The van der Waals surface area contributed by atoms with Gasteiger partial charge >= 0.3 is 22.3 Å². The first kappa shape index (κ1) is 34.5. The third kappa shape index (κ3) is 6.88. The largest absolute Gasteiger partial charge is 0.462 e. The summed E-state index contributed by atoms with van der Waals surface area (Å²) < 4.78 is 44.0. The van der Waals surface area contributed by atoms with Crippen molar-refractivity contribution in [3.8, 4) is 5.75 Å². The lowest BCUT2D eigenvalue weighted by molar-refractivity contribution is -0.156. The number of benzene rings is 2. The second-order valence-electron chi connectivity index (χ2n) is 13.6. The summed E-state index contributed by atoms with van der Waals surface area (Å²) >= 11 is 0. The lowest BCUT2D eigenvalue weighted by Gasteiger charge is -2.49. The molecule has 0 aromatic heterocycles. The zero-order valence-corrected chi connectivity index (χ0v) is 27.3. The maximum absolute atomic E-state index is 14.4. The molecule has 6 atom stereocenters. The van der Waals surface area contributed by atoms with Gasteiger partial charge in [-0.05, 0) is 107 Å². The number of carbonyl (C=O) groups is 2. The number of fused-ring (bicyclic) bond motifs is 5. The molecule has 0 radical (unpaired) electrons. The average Bonchev–Trinajstić information content (AvgIpc) is 3.31. The van der Waals surface area contributed by atoms with E-state index < -0.39 is 15.8 Å². The lowest BCUT2D eigenvalue weighted by Crippen LogP contribution is -2.54. The molecule has 4 bridgehead atoms. The number of piperidine rings is 2. The van der Waals surface area contributed by atoms with Gasteiger partial charge in [-0.1, -0.05) is 42.5 Å². The van der Waals surface area contributed by atoms with Crippen LogP contribution in [0.3, 0.4) is 0 Å². The highest BCUT2D eigenvalue weighted by Gasteiger charge is 2.57. The smallest absolute Gasteiger partial charge is 0.394 e. The Hall–Kier alpha value is -2.87. The van der Waals surface area contributed by atoms with E-state index in [1.54, 1.807) is 0 Å². The van der Waals surface area contributed by atoms with Crippen molar-refractivity contribution >= 4 is 22.3 Å². The molecule has 0 saturated carbocycles. The van der Waals surface area contributed by atoms with Gasteiger partial charge in [-0.15, -0.1) is 0 Å². The Kier molecular flexibility index (Phi) is 10.3. The van der Waals surface area contributed by atoms with Crippen molar-refractivity contribution in [1.29, 1.82) is 0 Å². The SMILES string of the molecule is CN1C2CCC1CC(OC(=O)C1CCC(C(=O)Oc3ccccc3)(C3CC4CCC(C3)N4C)c3ccccc31)C2.O.O=S(=O)(O)O. The molecule has 1 aliphatic carbocycles. The van der Waals surface area contributed by atoms with Gasteiger partial charge in [0.15, 0.2) is 0 Å². The number of nitrogens with zero attached hydrogens (tertiary/aromatic N) is 2. The number of esters is 2. The summed E-state index contributed by atoms with van der Waals surface area (Å²) in [5.41, 5.74) is 1.19. The maximum Gasteiger partial charge on any atom is 0.394 e. The number of para-hydroxylation sites is 1. The highest BCUT2D eigenvalue weighted by atomic mass is 32.3. The Balaban J connectivity index is 0.000000647. The van der Waals surface area contributed by atoms with E-state index in [-0.39, 0.29) is 35.4 Å². The molecule has 4 N–H and O–H groups in total. The molecular weight excluding hydrogens is 612 g/mol. The van der Waals surface area contributed by atoms with Crippen LogP contribution in [0.1, 0.15) is 81.3 Å². The van der Waals surface area contributed by atoms with E-state index in [1.807, 2.05) is 42.5 Å². The molecule has 6 unspecified atom stereocenters. The minimum Gasteiger partial charge on any atom is -0.462 e. The van der Waals surface area contributed by atoms with Gasteiger partial charge in [0.2, 0.25) is 0 Å². The van der Waals surface area contributed by atoms with E-state index in [2.05, 4.69) is 36.0 Å². The molecule has 4 aliphatic heterocycles. The van der Waals surface area contributed by atoms with Crippen LogP contribution in [0.25, 0.3) is 0 Å². The number of hydrogen-bond acceptors (Lipinski definition) is 8. The summed E-state index contributed by atoms with van der Waals surface area (Å²) in [6, 6.07) is 19.7. The summed E-state index contributed by atoms with van der Waals surface area (Å²) in [5.74, 6) is 0.140. The Bertz CT molecular complexity index is 1470. The fourth-order valence-electron chi connectivity index (χ4n) is 9.12. The Morgan fingerprint density at radius 2 is 1.28 bits per heavy atom. The number of hydrogen-bond donors (Lipinski definition) is 2. The van der Waals surface area contributed by atoms with E-state index in [1.165, 1.54) is 25.7 Å². The Labute approximate surface area is 271 Å². The second kappa shape index (κ2) is 13.7. The van der Waals surface area contributed by atoms with E-state index in [0.717, 1.165) is 36.8 Å². The van der Waals surface area contributed by atoms with Crippen LogP contribution in [0.2, 0.25) is 0 Å². The van der Waals surface area contributed by atoms with Crippen molar-refractivity contribution in [3.05, 3.63) is 65.7 Å². The number of carbonyl (C=O) groups excluding carboxylic acids is 2. The standard InChI is InChI=1S/C34H42N2O4.H2O4S.H2O/c1-35-23-12-13-24(35)19-22(18-23)34(33(38)40-27-8-4-3-5-9-27)17-16-30(29-10-6-7-11-31(29)34)32(37)39-28-20-25-14-15-26(21-28)36(25)2;1-5(2,3)4;/h3-11,22-26,28,30H,12-21H2,1-2H3;(H2,1,2,3,4);1H2. The Morgan fingerprint density at radius 1 is 0.783 bits per heavy atom. The fourth-order valence-corrected chi connectivity index (χ4v) is 9.12. The van der Waals surface area contributed by atoms with Crippen molar-refractivity contribution < 1.29 is 42.1 Å². The zero-order chi connectivity index (χ0) is 31.9. The van der Waals surface area contributed by atoms with Crippen LogP contribution < -0.4 is 4.74 Å². The third-order valence-corrected chi connectivity index (χ3v) is 11.4. The molecule has 5 aliphatic rings. The molecule has 46 heavy (non-hydrogen) atoms. The third-order valence-electron chi connectivity index (χ3n) is 11.4. The molecule has 4 fully saturated rings. The van der Waals surface area contributed by atoms with Crippen LogP contribution in [0.4, 0.5) is 0 Å². The van der Waals surface area contributed by atoms with E-state index in [4.69, 9.17) is 27.0 Å². The minimum atomic E-state index is -4.67. The number of ether oxygens (including phenoxy) is 2. The van der Waals surface area contributed by atoms with Crippen molar-refractivity contribution in [3.63, 3.8) is 0 Å². The highest BCUT2D eigenvalue weighted by molar-refractivity contribution is 7.79. The Morgan fingerprint density at radius 3 is 1.85 bits per heavy atom. The molecule has 252 valence electrons. The molecule has 11 nitrogen and oxygen atoms in total. The van der Waals surface area contributed by atoms with Gasteiger partial charge in [-0.2, -0.15) is 8.42 Å². The summed E-state index contributed by atoms with van der Waals surface area (Å²) in [5, 5.41) is 0. The predicted molar refractivity (Wildman–Crippen MR) is 171 cm³/mol. The van der Waals surface area contributed by atoms with Gasteiger partial charge in [0.05, 0.1) is 11.3 Å². The van der Waals surface area contributed by atoms with Gasteiger partial charge in [-0.25, -0.2) is 0 Å². The molecule has 2 aromatic carbocycles. The summed E-state index contributed by atoms with van der Waals surface area (Å²) in [6.07, 6.45) is 9.83. The van der Waals surface area contributed by atoms with Crippen LogP contribution in [0.15, 0.2) is 54.6 Å². The first-order chi connectivity index (χ1) is 21.4. The van der Waals surface area contributed by atoms with Crippen molar-refractivity contribution in [2.45, 2.75) is 106 Å². The fraction of sp³-hybridized carbons (Fsp3) is 0.588. The van der Waals surface area contributed by atoms with E-state index >= 15 is 0 Å². The molecule has 0 spiro atoms. The van der Waals surface area contributed by atoms with Crippen LogP contribution in [0, 0.1) is 5.92 Å². The monoisotopic (exact) mass is 658 g/mol. The number of rotatable bonds is 5. The molecule has 7 rings (SSSR count). The van der Waals surface area contributed by atoms with Gasteiger partial charge in [-0.3, -0.25) is 18.7 Å². The van der Waals surface area contributed by atoms with Gasteiger partial charge in [0.25, 0.3) is 0 Å². The molecule has 4 heterocycles. The maximum atomic E-state index is 14.4. The van der Waals surface area contributed by atoms with Gasteiger partial charge < -0.3 is 24.7 Å². The van der Waals surface area contributed by atoms with Crippen molar-refractivity contribution in [2.24, 2.45) is 5.92 Å². The highest BCUT2D eigenvalue weighted by Crippen LogP contribution is 2.54. The molecule has 4 saturated heterocycles. The first-order valence-corrected chi connectivity index (χ1v) is 17.5. The second-order valence-corrected chi connectivity index (χ2v) is 14.5. The summed E-state index contributed by atoms with van der Waals surface area (Å²) in [6.45, 7) is 0. The molecular formula is C34H46N2O9S. The first-order valence-electron chi connectivity index (χ1n) is 16.1. The lowest BCUT2D eigenvalue weighted by atomic mass is 9.57. The predicted octanol–water partition coefficient (Wildman–Crippen LogP) is 3.97. The average molecular weight is 659 g/mol. The molecule has 12 heteroatoms. The van der Waals surface area contributed by atoms with Crippen molar-refractivity contribution in [2.75, 3.05) is 14.1 Å². The van der Waals surface area contributed by atoms with Crippen LogP contribution >= 0.6 is 0 Å². The molecule has 0 amide bonds. The van der Waals surface area contributed by atoms with Crippen LogP contribution in [-0.4, -0.2) is 89.1 Å². The van der Waals surface area contributed by atoms with E-state index in [9.17, 15) is 9.59 Å². The van der Waals surface area contributed by atoms with Crippen molar-refractivity contribution in [1.82, 2.24) is 9.80 Å². The van der Waals surface area contributed by atoms with Crippen LogP contribution in [-0.2, 0) is 30.1 Å². The normalized spacial score (nSPS) is 33.5. The zero-order valence-electron chi connectivity index (χ0n) is 26.5. The quantitative estimate of drug-likeness (QED) is 0.273. The van der Waals surface area contributed by atoms with E-state index in [0.29, 0.717) is 42.8 Å². The molecule has 2 aromatic rings. The summed E-state index contributed by atoms with van der Waals surface area (Å²) in [7, 11) is -0.218. The van der Waals surface area contributed by atoms with Gasteiger partial charge in [0, 0.05) is 24.2 Å². The van der Waals surface area contributed by atoms with Gasteiger partial charge in [0.1, 0.15) is 11.9 Å². The minimum absolute atomic E-state index is 0. The van der Waals surface area contributed by atoms with Crippen LogP contribution in [0.5, 0.6) is 5.75 Å². The topological polar surface area (TPSA) is 165 Å². The summed E-state index contributed by atoms with van der Waals surface area (Å²) in [4.78, 5) is 33.2.